The number of alkyl carbamates (subject to hydrolysis) is 1. The van der Waals surface area contributed by atoms with Gasteiger partial charge in [0.05, 0.1) is 6.04 Å². The van der Waals surface area contributed by atoms with E-state index in [1.807, 2.05) is 60.8 Å². The second-order valence-corrected chi connectivity index (χ2v) is 7.74. The molecule has 0 aliphatic carbocycles. The number of aromatic nitrogens is 1. The lowest BCUT2D eigenvalue weighted by Gasteiger charge is -2.40. The fourth-order valence-electron chi connectivity index (χ4n) is 3.93. The predicted octanol–water partition coefficient (Wildman–Crippen LogP) is 4.01. The van der Waals surface area contributed by atoms with E-state index in [2.05, 4.69) is 20.1 Å². The summed E-state index contributed by atoms with van der Waals surface area (Å²) in [5, 5.41) is 2.91. The number of hydrogen-bond donors (Lipinski definition) is 1. The molecule has 1 aromatic heterocycles. The molecule has 166 valence electrons. The van der Waals surface area contributed by atoms with Gasteiger partial charge in [0.1, 0.15) is 12.4 Å². The maximum Gasteiger partial charge on any atom is 0.407 e. The molecule has 1 aliphatic heterocycles. The Hall–Kier alpha value is -3.45. The molecule has 1 aliphatic rings. The van der Waals surface area contributed by atoms with E-state index in [9.17, 15) is 9.18 Å². The Bertz CT molecular complexity index is 978. The molecule has 1 atom stereocenters. The van der Waals surface area contributed by atoms with Gasteiger partial charge in [-0.1, -0.05) is 36.4 Å². The van der Waals surface area contributed by atoms with Gasteiger partial charge in [0, 0.05) is 50.8 Å². The molecular formula is C25H27FN4O2. The normalized spacial score (nSPS) is 15.2. The summed E-state index contributed by atoms with van der Waals surface area (Å²) in [6.45, 7) is 3.94. The number of rotatable bonds is 7. The van der Waals surface area contributed by atoms with Crippen LogP contribution in [0.15, 0.2) is 79.1 Å². The third-order valence-corrected chi connectivity index (χ3v) is 5.67. The van der Waals surface area contributed by atoms with Gasteiger partial charge in [-0.05, 0) is 41.5 Å². The summed E-state index contributed by atoms with van der Waals surface area (Å²) >= 11 is 0. The molecule has 7 heteroatoms. The Morgan fingerprint density at radius 3 is 2.44 bits per heavy atom. The number of nitrogens with zero attached hydrogens (tertiary/aromatic N) is 3. The quantitative estimate of drug-likeness (QED) is 0.609. The lowest BCUT2D eigenvalue weighted by atomic mass is 10.1. The van der Waals surface area contributed by atoms with Crippen LogP contribution >= 0.6 is 0 Å². The summed E-state index contributed by atoms with van der Waals surface area (Å²) < 4.78 is 18.6. The van der Waals surface area contributed by atoms with Crippen molar-refractivity contribution in [2.75, 3.05) is 37.6 Å². The highest BCUT2D eigenvalue weighted by Crippen LogP contribution is 2.24. The van der Waals surface area contributed by atoms with Gasteiger partial charge in [-0.3, -0.25) is 9.88 Å². The SMILES string of the molecule is O=C(NC[C@H](c1cccnc1)N1CCN(c2ccc(F)cc2)CC1)OCc1ccccc1. The van der Waals surface area contributed by atoms with Crippen molar-refractivity contribution >= 4 is 11.8 Å². The summed E-state index contributed by atoms with van der Waals surface area (Å²) in [7, 11) is 0. The predicted molar refractivity (Wildman–Crippen MR) is 122 cm³/mol. The van der Waals surface area contributed by atoms with Crippen molar-refractivity contribution in [1.29, 1.82) is 0 Å². The molecule has 0 spiro atoms. The van der Waals surface area contributed by atoms with Crippen LogP contribution in [0.5, 0.6) is 0 Å². The van der Waals surface area contributed by atoms with Crippen LogP contribution in [-0.4, -0.2) is 48.7 Å². The van der Waals surface area contributed by atoms with Crippen LogP contribution in [-0.2, 0) is 11.3 Å². The monoisotopic (exact) mass is 434 g/mol. The molecule has 0 radical (unpaired) electrons. The summed E-state index contributed by atoms with van der Waals surface area (Å²) in [5.41, 5.74) is 3.01. The molecule has 0 saturated carbocycles. The number of carbonyl (C=O) groups excluding carboxylic acids is 1. The zero-order valence-corrected chi connectivity index (χ0v) is 17.9. The van der Waals surface area contributed by atoms with E-state index < -0.39 is 6.09 Å². The Kier molecular flexibility index (Phi) is 7.30. The average molecular weight is 435 g/mol. The number of amides is 1. The Morgan fingerprint density at radius 1 is 1.00 bits per heavy atom. The lowest BCUT2D eigenvalue weighted by Crippen LogP contribution is -2.50. The van der Waals surface area contributed by atoms with Crippen LogP contribution in [0.2, 0.25) is 0 Å². The zero-order valence-electron chi connectivity index (χ0n) is 17.9. The molecule has 3 aromatic rings. The number of ether oxygens (including phenoxy) is 1. The second kappa shape index (κ2) is 10.7. The fourth-order valence-corrected chi connectivity index (χ4v) is 3.93. The standard InChI is InChI=1S/C25H27FN4O2/c26-22-8-10-23(11-9-22)29-13-15-30(16-14-29)24(21-7-4-12-27-17-21)18-28-25(31)32-19-20-5-2-1-3-6-20/h1-12,17,24H,13-16,18-19H2,(H,28,31)/t24-/m1/s1. The first-order chi connectivity index (χ1) is 15.7. The smallest absolute Gasteiger partial charge is 0.407 e. The largest absolute Gasteiger partial charge is 0.445 e. The second-order valence-electron chi connectivity index (χ2n) is 7.74. The third kappa shape index (κ3) is 5.82. The Labute approximate surface area is 187 Å². The van der Waals surface area contributed by atoms with Crippen molar-refractivity contribution in [2.24, 2.45) is 0 Å². The number of hydrogen-bond acceptors (Lipinski definition) is 5. The molecule has 2 heterocycles. The number of halogens is 1. The van der Waals surface area contributed by atoms with E-state index in [1.54, 1.807) is 6.20 Å². The minimum Gasteiger partial charge on any atom is -0.445 e. The van der Waals surface area contributed by atoms with Gasteiger partial charge >= 0.3 is 6.09 Å². The fraction of sp³-hybridized carbons (Fsp3) is 0.280. The van der Waals surface area contributed by atoms with Crippen molar-refractivity contribution in [3.63, 3.8) is 0 Å². The van der Waals surface area contributed by atoms with Gasteiger partial charge in [-0.15, -0.1) is 0 Å². The summed E-state index contributed by atoms with van der Waals surface area (Å²) in [5.74, 6) is -0.228. The highest BCUT2D eigenvalue weighted by molar-refractivity contribution is 5.67. The maximum absolute atomic E-state index is 13.2. The van der Waals surface area contributed by atoms with Crippen molar-refractivity contribution in [3.05, 3.63) is 96.1 Å². The van der Waals surface area contributed by atoms with Crippen molar-refractivity contribution in [3.8, 4) is 0 Å². The Morgan fingerprint density at radius 2 is 1.75 bits per heavy atom. The molecule has 0 unspecified atom stereocenters. The van der Waals surface area contributed by atoms with Crippen LogP contribution in [0.1, 0.15) is 17.2 Å². The first kappa shape index (κ1) is 21.8. The molecule has 32 heavy (non-hydrogen) atoms. The number of carbonyl (C=O) groups is 1. The minimum atomic E-state index is -0.437. The molecule has 0 bridgehead atoms. The van der Waals surface area contributed by atoms with Gasteiger partial charge < -0.3 is 15.0 Å². The van der Waals surface area contributed by atoms with Gasteiger partial charge in [-0.2, -0.15) is 0 Å². The van der Waals surface area contributed by atoms with Crippen LogP contribution in [0.25, 0.3) is 0 Å². The first-order valence-electron chi connectivity index (χ1n) is 10.8. The van der Waals surface area contributed by atoms with Gasteiger partial charge in [-0.25, -0.2) is 9.18 Å². The van der Waals surface area contributed by atoms with Gasteiger partial charge in [0.15, 0.2) is 0 Å². The highest BCUT2D eigenvalue weighted by atomic mass is 19.1. The highest BCUT2D eigenvalue weighted by Gasteiger charge is 2.26. The number of benzene rings is 2. The summed E-state index contributed by atoms with van der Waals surface area (Å²) in [6, 6.07) is 20.1. The van der Waals surface area contributed by atoms with E-state index in [0.717, 1.165) is 43.0 Å². The lowest BCUT2D eigenvalue weighted by molar-refractivity contribution is 0.130. The van der Waals surface area contributed by atoms with Gasteiger partial charge in [0.25, 0.3) is 0 Å². The van der Waals surface area contributed by atoms with Crippen LogP contribution in [0, 0.1) is 5.82 Å². The van der Waals surface area contributed by atoms with Crippen molar-refractivity contribution in [2.45, 2.75) is 12.6 Å². The molecule has 4 rings (SSSR count). The first-order valence-corrected chi connectivity index (χ1v) is 10.8. The third-order valence-electron chi connectivity index (χ3n) is 5.67. The van der Waals surface area contributed by atoms with Crippen molar-refractivity contribution in [1.82, 2.24) is 15.2 Å². The van der Waals surface area contributed by atoms with E-state index in [-0.39, 0.29) is 18.5 Å². The molecule has 1 fully saturated rings. The van der Waals surface area contributed by atoms with Crippen LogP contribution in [0.3, 0.4) is 0 Å². The van der Waals surface area contributed by atoms with Gasteiger partial charge in [0.2, 0.25) is 0 Å². The van der Waals surface area contributed by atoms with E-state index in [1.165, 1.54) is 12.1 Å². The number of nitrogens with one attached hydrogen (secondary N) is 1. The topological polar surface area (TPSA) is 57.7 Å². The van der Waals surface area contributed by atoms with Crippen molar-refractivity contribution < 1.29 is 13.9 Å². The molecular weight excluding hydrogens is 407 g/mol. The van der Waals surface area contributed by atoms with E-state index in [4.69, 9.17) is 4.74 Å². The number of piperazine rings is 1. The van der Waals surface area contributed by atoms with E-state index in [0.29, 0.717) is 6.54 Å². The van der Waals surface area contributed by atoms with Crippen LogP contribution < -0.4 is 10.2 Å². The summed E-state index contributed by atoms with van der Waals surface area (Å²) in [6.07, 6.45) is 3.15. The number of pyridine rings is 1. The number of anilines is 1. The zero-order chi connectivity index (χ0) is 22.2. The minimum absolute atomic E-state index is 0.0108. The molecule has 1 saturated heterocycles. The van der Waals surface area contributed by atoms with Crippen LogP contribution in [0.4, 0.5) is 14.9 Å². The Balaban J connectivity index is 1.35. The average Bonchev–Trinajstić information content (AvgIpc) is 2.85. The molecule has 1 N–H and O–H groups in total. The molecule has 2 aromatic carbocycles. The molecule has 6 nitrogen and oxygen atoms in total. The maximum atomic E-state index is 13.2. The van der Waals surface area contributed by atoms with E-state index >= 15 is 0 Å². The summed E-state index contributed by atoms with van der Waals surface area (Å²) in [4.78, 5) is 21.1. The molecule has 1 amide bonds.